The Bertz CT molecular complexity index is 1000. The smallest absolute Gasteiger partial charge is 0.229 e. The average molecular weight is 426 g/mol. The van der Waals surface area contributed by atoms with E-state index in [4.69, 9.17) is 16.3 Å². The Morgan fingerprint density at radius 3 is 2.69 bits per heavy atom. The molecule has 1 amide bonds. The van der Waals surface area contributed by atoms with E-state index in [0.717, 1.165) is 22.0 Å². The van der Waals surface area contributed by atoms with Gasteiger partial charge in [0.1, 0.15) is 5.75 Å². The number of fused-ring (bicyclic) bond motifs is 1. The number of ether oxygens (including phenoxy) is 1. The van der Waals surface area contributed by atoms with Crippen molar-refractivity contribution in [3.8, 4) is 11.8 Å². The second-order valence-corrected chi connectivity index (χ2v) is 8.15. The highest BCUT2D eigenvalue weighted by Gasteiger charge is 2.38. The van der Waals surface area contributed by atoms with Crippen molar-refractivity contribution in [3.63, 3.8) is 0 Å². The normalized spacial score (nSPS) is 19.1. The first kappa shape index (κ1) is 19.7. The molecule has 1 fully saturated rings. The van der Waals surface area contributed by atoms with Crippen molar-refractivity contribution in [2.75, 3.05) is 24.1 Å². The molecule has 2 aliphatic heterocycles. The van der Waals surface area contributed by atoms with Crippen LogP contribution in [-0.2, 0) is 4.79 Å². The van der Waals surface area contributed by atoms with Crippen LogP contribution in [0.25, 0.3) is 0 Å². The number of anilines is 1. The monoisotopic (exact) mass is 425 g/mol. The van der Waals surface area contributed by atoms with Crippen molar-refractivity contribution in [2.45, 2.75) is 19.3 Å². The molecular formula is C22H20ClN3O2S. The van der Waals surface area contributed by atoms with Crippen molar-refractivity contribution < 1.29 is 9.53 Å². The lowest BCUT2D eigenvalue weighted by molar-refractivity contribution is -0.129. The van der Waals surface area contributed by atoms with Gasteiger partial charge in [-0.05, 0) is 42.8 Å². The van der Waals surface area contributed by atoms with Gasteiger partial charge in [-0.25, -0.2) is 0 Å². The van der Waals surface area contributed by atoms with E-state index in [-0.39, 0.29) is 18.2 Å². The fourth-order valence-corrected chi connectivity index (χ4v) is 5.10. The molecule has 7 heteroatoms. The Hall–Kier alpha value is -2.62. The number of carbonyl (C=O) groups excluding carboxylic acids is 1. The van der Waals surface area contributed by atoms with Gasteiger partial charge in [-0.15, -0.1) is 0 Å². The van der Waals surface area contributed by atoms with Crippen molar-refractivity contribution in [3.05, 3.63) is 69.7 Å². The zero-order valence-electron chi connectivity index (χ0n) is 16.0. The second-order valence-electron chi connectivity index (χ2n) is 6.81. The van der Waals surface area contributed by atoms with Gasteiger partial charge in [-0.2, -0.15) is 5.26 Å². The van der Waals surface area contributed by atoms with E-state index in [1.165, 1.54) is 11.8 Å². The number of hydrogen-bond acceptors (Lipinski definition) is 5. The van der Waals surface area contributed by atoms with Crippen molar-refractivity contribution >= 4 is 35.0 Å². The maximum absolute atomic E-state index is 13.0. The highest BCUT2D eigenvalue weighted by molar-refractivity contribution is 8.03. The third kappa shape index (κ3) is 3.81. The van der Waals surface area contributed by atoms with E-state index >= 15 is 0 Å². The van der Waals surface area contributed by atoms with Gasteiger partial charge in [0.25, 0.3) is 0 Å². The van der Waals surface area contributed by atoms with Crippen molar-refractivity contribution in [1.82, 2.24) is 4.90 Å². The number of rotatable bonds is 4. The van der Waals surface area contributed by atoms with Gasteiger partial charge in [-0.1, -0.05) is 41.6 Å². The molecule has 2 aromatic carbocycles. The topological polar surface area (TPSA) is 56.6 Å². The predicted octanol–water partition coefficient (Wildman–Crippen LogP) is 4.96. The van der Waals surface area contributed by atoms with Gasteiger partial charge in [-0.3, -0.25) is 9.69 Å². The molecule has 148 valence electrons. The molecule has 2 aliphatic rings. The summed E-state index contributed by atoms with van der Waals surface area (Å²) in [7, 11) is 0. The number of benzene rings is 2. The van der Waals surface area contributed by atoms with Gasteiger partial charge < -0.3 is 9.64 Å². The molecule has 0 saturated carbocycles. The van der Waals surface area contributed by atoms with Crippen LogP contribution in [0.2, 0.25) is 5.02 Å². The summed E-state index contributed by atoms with van der Waals surface area (Å²) in [4.78, 5) is 16.8. The van der Waals surface area contributed by atoms with Crippen LogP contribution in [-0.4, -0.2) is 30.0 Å². The van der Waals surface area contributed by atoms with Crippen LogP contribution in [0, 0.1) is 11.3 Å². The van der Waals surface area contributed by atoms with Crippen LogP contribution in [0.15, 0.2) is 59.1 Å². The van der Waals surface area contributed by atoms with Crippen LogP contribution in [0.1, 0.15) is 24.8 Å². The Morgan fingerprint density at radius 1 is 1.24 bits per heavy atom. The summed E-state index contributed by atoms with van der Waals surface area (Å²) in [5.41, 5.74) is 2.47. The number of thioether (sulfide) groups is 1. The van der Waals surface area contributed by atoms with E-state index < -0.39 is 0 Å². The number of allylic oxidation sites excluding steroid dienone is 1. The summed E-state index contributed by atoms with van der Waals surface area (Å²) >= 11 is 7.88. The Balaban J connectivity index is 1.61. The second kappa shape index (κ2) is 8.40. The first-order chi connectivity index (χ1) is 14.1. The van der Waals surface area contributed by atoms with E-state index in [9.17, 15) is 10.1 Å². The van der Waals surface area contributed by atoms with Gasteiger partial charge in [0, 0.05) is 23.0 Å². The van der Waals surface area contributed by atoms with Gasteiger partial charge in [0.2, 0.25) is 5.91 Å². The lowest BCUT2D eigenvalue weighted by Gasteiger charge is -2.42. The molecule has 0 aliphatic carbocycles. The zero-order valence-corrected chi connectivity index (χ0v) is 17.5. The Kier molecular flexibility index (Phi) is 5.70. The van der Waals surface area contributed by atoms with E-state index in [0.29, 0.717) is 29.7 Å². The van der Waals surface area contributed by atoms with Gasteiger partial charge >= 0.3 is 0 Å². The van der Waals surface area contributed by atoms with Crippen LogP contribution in [0.5, 0.6) is 5.75 Å². The summed E-state index contributed by atoms with van der Waals surface area (Å²) in [5.74, 6) is 1.20. The quantitative estimate of drug-likeness (QED) is 0.693. The molecule has 0 N–H and O–H groups in total. The number of halogens is 1. The highest BCUT2D eigenvalue weighted by atomic mass is 35.5. The van der Waals surface area contributed by atoms with E-state index in [1.54, 1.807) is 11.0 Å². The maximum atomic E-state index is 13.0. The molecule has 0 radical (unpaired) electrons. The fraction of sp³-hybridized carbons (Fsp3) is 0.273. The standard InChI is InChI=1S/C22H20ClN3O2S/c1-2-28-16-9-7-15(8-10-16)25-13-26-21(27)11-18(17-5-3-4-6-20(17)23)19(12-24)22(26)29-14-25/h3-10,18H,2,11,13-14H2,1H3/t18-/m1/s1. The predicted molar refractivity (Wildman–Crippen MR) is 116 cm³/mol. The minimum atomic E-state index is -0.294. The molecule has 29 heavy (non-hydrogen) atoms. The van der Waals surface area contributed by atoms with Crippen LogP contribution >= 0.6 is 23.4 Å². The fourth-order valence-electron chi connectivity index (χ4n) is 3.67. The van der Waals surface area contributed by atoms with E-state index in [2.05, 4.69) is 11.0 Å². The summed E-state index contributed by atoms with van der Waals surface area (Å²) in [6, 6.07) is 17.6. The van der Waals surface area contributed by atoms with Crippen molar-refractivity contribution in [2.24, 2.45) is 0 Å². The average Bonchev–Trinajstić information content (AvgIpc) is 2.75. The van der Waals surface area contributed by atoms with Gasteiger partial charge in [0.15, 0.2) is 0 Å². The minimum absolute atomic E-state index is 0.00653. The van der Waals surface area contributed by atoms with E-state index in [1.807, 2.05) is 49.4 Å². The molecule has 1 saturated heterocycles. The number of amides is 1. The third-order valence-electron chi connectivity index (χ3n) is 5.09. The lowest BCUT2D eigenvalue weighted by atomic mass is 9.86. The SMILES string of the molecule is CCOc1ccc(N2CSC3=C(C#N)[C@@H](c4ccccc4Cl)CC(=O)N3C2)cc1. The Morgan fingerprint density at radius 2 is 2.00 bits per heavy atom. The molecule has 5 nitrogen and oxygen atoms in total. The van der Waals surface area contributed by atoms with Crippen LogP contribution < -0.4 is 9.64 Å². The molecule has 2 aromatic rings. The lowest BCUT2D eigenvalue weighted by Crippen LogP contribution is -2.47. The molecule has 2 heterocycles. The molecule has 0 bridgehead atoms. The minimum Gasteiger partial charge on any atom is -0.494 e. The molecule has 0 aromatic heterocycles. The largest absolute Gasteiger partial charge is 0.494 e. The molecular weight excluding hydrogens is 406 g/mol. The van der Waals surface area contributed by atoms with Crippen molar-refractivity contribution in [1.29, 1.82) is 5.26 Å². The number of hydrogen-bond donors (Lipinski definition) is 0. The molecule has 0 spiro atoms. The third-order valence-corrected chi connectivity index (χ3v) is 6.59. The number of nitrogens with zero attached hydrogens (tertiary/aromatic N) is 3. The first-order valence-electron chi connectivity index (χ1n) is 9.42. The first-order valence-corrected chi connectivity index (χ1v) is 10.8. The highest BCUT2D eigenvalue weighted by Crippen LogP contribution is 2.44. The molecule has 0 unspecified atom stereocenters. The van der Waals surface area contributed by atoms with Gasteiger partial charge in [0.05, 0.1) is 35.8 Å². The van der Waals surface area contributed by atoms with Crippen LogP contribution in [0.4, 0.5) is 5.69 Å². The summed E-state index contributed by atoms with van der Waals surface area (Å²) < 4.78 is 5.50. The maximum Gasteiger partial charge on any atom is 0.229 e. The Labute approximate surface area is 179 Å². The van der Waals surface area contributed by atoms with Crippen LogP contribution in [0.3, 0.4) is 0 Å². The summed E-state index contributed by atoms with van der Waals surface area (Å²) in [5, 5.41) is 11.2. The molecule has 1 atom stereocenters. The molecule has 4 rings (SSSR count). The zero-order chi connectivity index (χ0) is 20.4. The summed E-state index contributed by atoms with van der Waals surface area (Å²) in [6.07, 6.45) is 0.244. The summed E-state index contributed by atoms with van der Waals surface area (Å²) in [6.45, 7) is 3.00. The number of carbonyl (C=O) groups is 1. The number of nitriles is 1.